The monoisotopic (exact) mass is 140 g/mol. The van der Waals surface area contributed by atoms with Crippen LogP contribution in [0.1, 0.15) is 18.1 Å². The summed E-state index contributed by atoms with van der Waals surface area (Å²) in [4.78, 5) is 4.03. The predicted octanol–water partition coefficient (Wildman–Crippen LogP) is 0.874. The van der Waals surface area contributed by atoms with E-state index in [2.05, 4.69) is 4.98 Å². The van der Waals surface area contributed by atoms with Gasteiger partial charge in [-0.1, -0.05) is 0 Å². The average Bonchev–Trinajstić information content (AvgIpc) is 2.31. The summed E-state index contributed by atoms with van der Waals surface area (Å²) in [5.41, 5.74) is 5.31. The summed E-state index contributed by atoms with van der Waals surface area (Å²) < 4.78 is 5.22. The van der Waals surface area contributed by atoms with Crippen molar-refractivity contribution in [2.24, 2.45) is 5.73 Å². The third-order valence-electron chi connectivity index (χ3n) is 1.26. The van der Waals surface area contributed by atoms with Crippen LogP contribution in [-0.2, 0) is 6.42 Å². The van der Waals surface area contributed by atoms with Crippen molar-refractivity contribution in [2.45, 2.75) is 19.8 Å². The zero-order valence-corrected chi connectivity index (χ0v) is 6.13. The fraction of sp³-hybridized carbons (Fsp3) is 0.571. The highest BCUT2D eigenvalue weighted by Crippen LogP contribution is 2.02. The van der Waals surface area contributed by atoms with Crippen molar-refractivity contribution in [3.8, 4) is 0 Å². The molecule has 0 saturated heterocycles. The Morgan fingerprint density at radius 2 is 2.50 bits per heavy atom. The lowest BCUT2D eigenvalue weighted by Crippen LogP contribution is -2.00. The molecule has 0 unspecified atom stereocenters. The summed E-state index contributed by atoms with van der Waals surface area (Å²) >= 11 is 0. The minimum absolute atomic E-state index is 0.696. The van der Waals surface area contributed by atoms with E-state index in [1.165, 1.54) is 0 Å². The summed E-state index contributed by atoms with van der Waals surface area (Å²) in [6.07, 6.45) is 3.52. The van der Waals surface area contributed by atoms with Crippen molar-refractivity contribution in [3.63, 3.8) is 0 Å². The Morgan fingerprint density at radius 3 is 3.00 bits per heavy atom. The van der Waals surface area contributed by atoms with Gasteiger partial charge < -0.3 is 10.2 Å². The normalized spacial score (nSPS) is 10.2. The molecule has 1 aromatic heterocycles. The van der Waals surface area contributed by atoms with Gasteiger partial charge in [0, 0.05) is 6.42 Å². The standard InChI is InChI=1S/C7H12N2O/c1-6-5-9-7(10-6)3-2-4-8/h5H,2-4,8H2,1H3. The molecule has 1 heterocycles. The van der Waals surface area contributed by atoms with E-state index >= 15 is 0 Å². The van der Waals surface area contributed by atoms with Crippen molar-refractivity contribution < 1.29 is 4.42 Å². The molecule has 0 aromatic carbocycles. The van der Waals surface area contributed by atoms with E-state index in [4.69, 9.17) is 10.2 Å². The number of rotatable bonds is 3. The molecule has 1 rings (SSSR count). The maximum Gasteiger partial charge on any atom is 0.194 e. The highest BCUT2D eigenvalue weighted by Gasteiger charge is 1.97. The van der Waals surface area contributed by atoms with Crippen molar-refractivity contribution >= 4 is 0 Å². The van der Waals surface area contributed by atoms with Gasteiger partial charge in [-0.15, -0.1) is 0 Å². The van der Waals surface area contributed by atoms with Crippen LogP contribution in [0.25, 0.3) is 0 Å². The molecule has 10 heavy (non-hydrogen) atoms. The smallest absolute Gasteiger partial charge is 0.194 e. The maximum atomic E-state index is 5.31. The molecule has 0 saturated carbocycles. The highest BCUT2D eigenvalue weighted by atomic mass is 16.3. The third kappa shape index (κ3) is 1.84. The van der Waals surface area contributed by atoms with Crippen molar-refractivity contribution in [3.05, 3.63) is 17.8 Å². The summed E-state index contributed by atoms with van der Waals surface area (Å²) in [5, 5.41) is 0. The van der Waals surface area contributed by atoms with Crippen LogP contribution in [0.3, 0.4) is 0 Å². The molecule has 0 aliphatic heterocycles. The van der Waals surface area contributed by atoms with E-state index in [0.29, 0.717) is 6.54 Å². The number of nitrogens with zero attached hydrogens (tertiary/aromatic N) is 1. The fourth-order valence-corrected chi connectivity index (χ4v) is 0.770. The molecule has 0 amide bonds. The SMILES string of the molecule is Cc1cnc(CCCN)o1. The molecule has 0 aliphatic carbocycles. The summed E-state index contributed by atoms with van der Waals surface area (Å²) in [5.74, 6) is 1.66. The van der Waals surface area contributed by atoms with Crippen LogP contribution in [0.5, 0.6) is 0 Å². The van der Waals surface area contributed by atoms with Crippen LogP contribution in [-0.4, -0.2) is 11.5 Å². The quantitative estimate of drug-likeness (QED) is 0.677. The summed E-state index contributed by atoms with van der Waals surface area (Å²) in [6, 6.07) is 0. The van der Waals surface area contributed by atoms with Gasteiger partial charge in [0.05, 0.1) is 6.20 Å². The van der Waals surface area contributed by atoms with Crippen LogP contribution >= 0.6 is 0 Å². The Labute approximate surface area is 60.2 Å². The molecular formula is C7H12N2O. The van der Waals surface area contributed by atoms with E-state index in [-0.39, 0.29) is 0 Å². The lowest BCUT2D eigenvalue weighted by molar-refractivity contribution is 0.466. The molecule has 0 fully saturated rings. The number of oxazole rings is 1. The molecular weight excluding hydrogens is 128 g/mol. The Morgan fingerprint density at radius 1 is 1.70 bits per heavy atom. The number of aromatic nitrogens is 1. The van der Waals surface area contributed by atoms with Crippen LogP contribution in [0.15, 0.2) is 10.6 Å². The molecule has 2 N–H and O–H groups in total. The topological polar surface area (TPSA) is 52.0 Å². The zero-order valence-electron chi connectivity index (χ0n) is 6.13. The second-order valence-corrected chi connectivity index (χ2v) is 2.26. The first-order valence-corrected chi connectivity index (χ1v) is 3.44. The second-order valence-electron chi connectivity index (χ2n) is 2.26. The van der Waals surface area contributed by atoms with Gasteiger partial charge in [0.25, 0.3) is 0 Å². The minimum atomic E-state index is 0.696. The van der Waals surface area contributed by atoms with Gasteiger partial charge in [0.1, 0.15) is 5.76 Å². The lowest BCUT2D eigenvalue weighted by Gasteiger charge is -1.89. The largest absolute Gasteiger partial charge is 0.446 e. The van der Waals surface area contributed by atoms with Gasteiger partial charge in [-0.3, -0.25) is 0 Å². The van der Waals surface area contributed by atoms with Crippen LogP contribution in [0, 0.1) is 6.92 Å². The molecule has 0 aliphatic rings. The number of nitrogens with two attached hydrogens (primary N) is 1. The van der Waals surface area contributed by atoms with Gasteiger partial charge in [-0.2, -0.15) is 0 Å². The van der Waals surface area contributed by atoms with Crippen molar-refractivity contribution in [2.75, 3.05) is 6.54 Å². The number of hydrogen-bond acceptors (Lipinski definition) is 3. The van der Waals surface area contributed by atoms with Crippen molar-refractivity contribution in [1.82, 2.24) is 4.98 Å². The van der Waals surface area contributed by atoms with Gasteiger partial charge in [-0.25, -0.2) is 4.98 Å². The fourth-order valence-electron chi connectivity index (χ4n) is 0.770. The molecule has 0 atom stereocenters. The summed E-state index contributed by atoms with van der Waals surface area (Å²) in [7, 11) is 0. The average molecular weight is 140 g/mol. The van der Waals surface area contributed by atoms with Crippen molar-refractivity contribution in [1.29, 1.82) is 0 Å². The maximum absolute atomic E-state index is 5.31. The molecule has 56 valence electrons. The lowest BCUT2D eigenvalue weighted by atomic mass is 10.3. The predicted molar refractivity (Wildman–Crippen MR) is 38.6 cm³/mol. The van der Waals surface area contributed by atoms with Crippen LogP contribution in [0.2, 0.25) is 0 Å². The van der Waals surface area contributed by atoms with E-state index in [9.17, 15) is 0 Å². The summed E-state index contributed by atoms with van der Waals surface area (Å²) in [6.45, 7) is 2.58. The molecule has 1 aromatic rings. The second kappa shape index (κ2) is 3.37. The van der Waals surface area contributed by atoms with Gasteiger partial charge in [0.15, 0.2) is 5.89 Å². The Hall–Kier alpha value is -0.830. The van der Waals surface area contributed by atoms with Crippen LogP contribution in [0.4, 0.5) is 0 Å². The molecule has 3 heteroatoms. The third-order valence-corrected chi connectivity index (χ3v) is 1.26. The zero-order chi connectivity index (χ0) is 7.40. The number of hydrogen-bond donors (Lipinski definition) is 1. The molecule has 3 nitrogen and oxygen atoms in total. The minimum Gasteiger partial charge on any atom is -0.446 e. The van der Waals surface area contributed by atoms with Gasteiger partial charge in [-0.05, 0) is 19.9 Å². The first kappa shape index (κ1) is 7.28. The Balaban J connectivity index is 2.42. The molecule has 0 spiro atoms. The van der Waals surface area contributed by atoms with Crippen LogP contribution < -0.4 is 5.73 Å². The van der Waals surface area contributed by atoms with Gasteiger partial charge in [0.2, 0.25) is 0 Å². The first-order valence-electron chi connectivity index (χ1n) is 3.44. The molecule has 0 radical (unpaired) electrons. The van der Waals surface area contributed by atoms with E-state index in [1.807, 2.05) is 6.92 Å². The molecule has 0 bridgehead atoms. The van der Waals surface area contributed by atoms with Gasteiger partial charge >= 0.3 is 0 Å². The highest BCUT2D eigenvalue weighted by molar-refractivity contribution is 4.90. The Bertz CT molecular complexity index is 195. The Kier molecular flexibility index (Phi) is 2.45. The van der Waals surface area contributed by atoms with E-state index in [1.54, 1.807) is 6.20 Å². The van der Waals surface area contributed by atoms with E-state index < -0.39 is 0 Å². The van der Waals surface area contributed by atoms with E-state index in [0.717, 1.165) is 24.5 Å². The number of aryl methyl sites for hydroxylation is 2. The first-order chi connectivity index (χ1) is 4.83.